The molecule has 1 heterocycles. The van der Waals surface area contributed by atoms with Crippen LogP contribution < -0.4 is 5.32 Å². The molecule has 0 aromatic heterocycles. The number of hydrogen-bond donors (Lipinski definition) is 1. The minimum atomic E-state index is -2.81. The van der Waals surface area contributed by atoms with Gasteiger partial charge in [0.05, 0.1) is 5.75 Å². The summed E-state index contributed by atoms with van der Waals surface area (Å²) in [4.78, 5) is 2.49. The lowest BCUT2D eigenvalue weighted by Gasteiger charge is -2.33. The molecule has 0 radical (unpaired) electrons. The maximum Gasteiger partial charge on any atom is 0.150 e. The van der Waals surface area contributed by atoms with Crippen LogP contribution in [0.25, 0.3) is 0 Å². The number of nitrogens with zero attached hydrogens (tertiary/aromatic N) is 1. The van der Waals surface area contributed by atoms with Gasteiger partial charge in [-0.05, 0) is 51.2 Å². The molecule has 2 rings (SSSR count). The Morgan fingerprint density at radius 1 is 1.14 bits per heavy atom. The van der Waals surface area contributed by atoms with E-state index in [0.29, 0.717) is 11.8 Å². The molecule has 0 aromatic rings. The van der Waals surface area contributed by atoms with Crippen LogP contribution in [-0.4, -0.2) is 57.0 Å². The van der Waals surface area contributed by atoms with Crippen LogP contribution >= 0.6 is 0 Å². The number of rotatable bonds is 6. The summed E-state index contributed by atoms with van der Waals surface area (Å²) in [6.07, 6.45) is 8.89. The van der Waals surface area contributed by atoms with Gasteiger partial charge in [-0.2, -0.15) is 0 Å². The summed E-state index contributed by atoms with van der Waals surface area (Å²) in [5.74, 6) is 1.46. The first-order valence-electron chi connectivity index (χ1n) is 8.77. The Hall–Kier alpha value is -0.130. The fourth-order valence-electron chi connectivity index (χ4n) is 3.73. The Morgan fingerprint density at radius 3 is 2.62 bits per heavy atom. The Balaban J connectivity index is 1.79. The molecule has 0 spiro atoms. The molecule has 4 nitrogen and oxygen atoms in total. The predicted octanol–water partition coefficient (Wildman–Crippen LogP) is 2.06. The van der Waals surface area contributed by atoms with Crippen LogP contribution in [0.15, 0.2) is 0 Å². The van der Waals surface area contributed by atoms with Gasteiger partial charge in [-0.25, -0.2) is 8.42 Å². The predicted molar refractivity (Wildman–Crippen MR) is 88.4 cm³/mol. The molecule has 124 valence electrons. The second-order valence-corrected chi connectivity index (χ2v) is 9.18. The third-order valence-electron chi connectivity index (χ3n) is 5.10. The van der Waals surface area contributed by atoms with Gasteiger partial charge in [0.1, 0.15) is 9.84 Å². The van der Waals surface area contributed by atoms with Crippen molar-refractivity contribution in [3.63, 3.8) is 0 Å². The smallest absolute Gasteiger partial charge is 0.150 e. The number of hydrogen-bond acceptors (Lipinski definition) is 4. The van der Waals surface area contributed by atoms with Gasteiger partial charge < -0.3 is 10.2 Å². The van der Waals surface area contributed by atoms with Crippen LogP contribution in [-0.2, 0) is 9.84 Å². The Morgan fingerprint density at radius 2 is 1.90 bits per heavy atom. The quantitative estimate of drug-likeness (QED) is 0.815. The van der Waals surface area contributed by atoms with Crippen molar-refractivity contribution in [2.75, 3.05) is 37.7 Å². The molecule has 1 atom stereocenters. The zero-order valence-corrected chi connectivity index (χ0v) is 14.3. The topological polar surface area (TPSA) is 49.4 Å². The average Bonchev–Trinajstić information content (AvgIpc) is 2.74. The van der Waals surface area contributed by atoms with E-state index in [1.165, 1.54) is 38.5 Å². The maximum absolute atomic E-state index is 11.6. The largest absolute Gasteiger partial charge is 0.312 e. The van der Waals surface area contributed by atoms with Gasteiger partial charge >= 0.3 is 0 Å². The highest BCUT2D eigenvalue weighted by molar-refractivity contribution is 7.91. The first kappa shape index (κ1) is 17.2. The van der Waals surface area contributed by atoms with Crippen molar-refractivity contribution in [1.82, 2.24) is 10.2 Å². The molecule has 5 heteroatoms. The van der Waals surface area contributed by atoms with Gasteiger partial charge in [-0.3, -0.25) is 0 Å². The molecule has 1 aliphatic heterocycles. The molecule has 2 fully saturated rings. The maximum atomic E-state index is 11.6. The molecule has 1 N–H and O–H groups in total. The van der Waals surface area contributed by atoms with E-state index in [9.17, 15) is 8.42 Å². The molecular weight excluding hydrogens is 284 g/mol. The zero-order valence-electron chi connectivity index (χ0n) is 13.5. The average molecular weight is 317 g/mol. The van der Waals surface area contributed by atoms with Crippen LogP contribution in [0.5, 0.6) is 0 Å². The fraction of sp³-hybridized carbons (Fsp3) is 1.00. The van der Waals surface area contributed by atoms with Crippen LogP contribution in [0.4, 0.5) is 0 Å². The zero-order chi connectivity index (χ0) is 15.1. The lowest BCUT2D eigenvalue weighted by atomic mass is 9.83. The lowest BCUT2D eigenvalue weighted by molar-refractivity contribution is 0.206. The van der Waals surface area contributed by atoms with Crippen molar-refractivity contribution in [2.24, 2.45) is 5.92 Å². The highest BCUT2D eigenvalue weighted by Crippen LogP contribution is 2.27. The molecule has 1 unspecified atom stereocenters. The molecule has 0 bridgehead atoms. The van der Waals surface area contributed by atoms with E-state index in [-0.39, 0.29) is 5.75 Å². The van der Waals surface area contributed by atoms with Crippen molar-refractivity contribution < 1.29 is 8.42 Å². The second-order valence-electron chi connectivity index (χ2n) is 6.70. The summed E-state index contributed by atoms with van der Waals surface area (Å²) in [5.41, 5.74) is 0. The Labute approximate surface area is 130 Å². The number of sulfone groups is 1. The third kappa shape index (κ3) is 5.87. The van der Waals surface area contributed by atoms with Gasteiger partial charge in [0, 0.05) is 18.3 Å². The highest BCUT2D eigenvalue weighted by Gasteiger charge is 2.26. The summed E-state index contributed by atoms with van der Waals surface area (Å²) in [7, 11) is -2.81. The van der Waals surface area contributed by atoms with Gasteiger partial charge in [0.2, 0.25) is 0 Å². The van der Waals surface area contributed by atoms with Crippen LogP contribution in [0, 0.1) is 5.92 Å². The molecule has 1 aliphatic carbocycles. The standard InChI is InChI=1S/C16H32N2O2S/c1-2-21(19,20)13-7-12-18-11-6-10-17-16(14-18)15-8-4-3-5-9-15/h15-17H,2-14H2,1H3. The Kier molecular flexibility index (Phi) is 6.96. The van der Waals surface area contributed by atoms with E-state index < -0.39 is 9.84 Å². The van der Waals surface area contributed by atoms with E-state index in [0.717, 1.165) is 38.5 Å². The summed E-state index contributed by atoms with van der Waals surface area (Å²) in [6, 6.07) is 0.621. The van der Waals surface area contributed by atoms with Gasteiger partial charge in [0.25, 0.3) is 0 Å². The minimum Gasteiger partial charge on any atom is -0.312 e. The second kappa shape index (κ2) is 8.49. The van der Waals surface area contributed by atoms with Crippen LogP contribution in [0.1, 0.15) is 51.9 Å². The molecule has 21 heavy (non-hydrogen) atoms. The molecule has 0 amide bonds. The minimum absolute atomic E-state index is 0.277. The highest BCUT2D eigenvalue weighted by atomic mass is 32.2. The van der Waals surface area contributed by atoms with E-state index in [1.54, 1.807) is 6.92 Å². The molecule has 1 saturated heterocycles. The molecule has 2 aliphatic rings. The summed E-state index contributed by atoms with van der Waals surface area (Å²) in [5, 5.41) is 3.74. The molecule has 0 aromatic carbocycles. The van der Waals surface area contributed by atoms with Crippen LogP contribution in [0.3, 0.4) is 0 Å². The van der Waals surface area contributed by atoms with E-state index in [1.807, 2.05) is 0 Å². The first-order chi connectivity index (χ1) is 10.1. The van der Waals surface area contributed by atoms with Gasteiger partial charge in [0.15, 0.2) is 0 Å². The number of nitrogens with one attached hydrogen (secondary N) is 1. The third-order valence-corrected chi connectivity index (χ3v) is 6.89. The monoisotopic (exact) mass is 316 g/mol. The first-order valence-corrected chi connectivity index (χ1v) is 10.6. The molecule has 1 saturated carbocycles. The van der Waals surface area contributed by atoms with Crippen molar-refractivity contribution in [1.29, 1.82) is 0 Å². The van der Waals surface area contributed by atoms with Gasteiger partial charge in [-0.1, -0.05) is 26.2 Å². The van der Waals surface area contributed by atoms with Crippen molar-refractivity contribution in [3.8, 4) is 0 Å². The van der Waals surface area contributed by atoms with E-state index >= 15 is 0 Å². The summed E-state index contributed by atoms with van der Waals surface area (Å²) < 4.78 is 23.2. The van der Waals surface area contributed by atoms with E-state index in [2.05, 4.69) is 10.2 Å². The SMILES string of the molecule is CCS(=O)(=O)CCCN1CCCNC(C2CCCCC2)C1. The Bertz CT molecular complexity index is 391. The lowest BCUT2D eigenvalue weighted by Crippen LogP contribution is -2.44. The van der Waals surface area contributed by atoms with Crippen LogP contribution in [0.2, 0.25) is 0 Å². The summed E-state index contributed by atoms with van der Waals surface area (Å²) >= 11 is 0. The summed E-state index contributed by atoms with van der Waals surface area (Å²) in [6.45, 7) is 6.01. The normalized spacial score (nSPS) is 26.6. The van der Waals surface area contributed by atoms with E-state index in [4.69, 9.17) is 0 Å². The molecular formula is C16H32N2O2S. The van der Waals surface area contributed by atoms with Crippen molar-refractivity contribution >= 4 is 9.84 Å². The fourth-order valence-corrected chi connectivity index (χ4v) is 4.59. The van der Waals surface area contributed by atoms with Crippen molar-refractivity contribution in [3.05, 3.63) is 0 Å². The van der Waals surface area contributed by atoms with Gasteiger partial charge in [-0.15, -0.1) is 0 Å². The van der Waals surface area contributed by atoms with Crippen molar-refractivity contribution in [2.45, 2.75) is 57.9 Å².